The maximum absolute atomic E-state index is 12.7. The van der Waals surface area contributed by atoms with Gasteiger partial charge in [-0.05, 0) is 50.0 Å². The molecule has 0 spiro atoms. The van der Waals surface area contributed by atoms with Gasteiger partial charge >= 0.3 is 6.18 Å². The number of nitrogens with one attached hydrogen (secondary N) is 1. The van der Waals surface area contributed by atoms with Gasteiger partial charge in [0.1, 0.15) is 0 Å². The van der Waals surface area contributed by atoms with Crippen LogP contribution < -0.4 is 5.32 Å². The highest BCUT2D eigenvalue weighted by molar-refractivity contribution is 7.12. The lowest BCUT2D eigenvalue weighted by atomic mass is 9.85. The van der Waals surface area contributed by atoms with E-state index >= 15 is 0 Å². The van der Waals surface area contributed by atoms with Gasteiger partial charge in [0.2, 0.25) is 5.91 Å². The van der Waals surface area contributed by atoms with Crippen molar-refractivity contribution in [2.75, 3.05) is 13.1 Å². The number of alkyl halides is 3. The predicted molar refractivity (Wildman–Crippen MR) is 92.9 cm³/mol. The van der Waals surface area contributed by atoms with Crippen molar-refractivity contribution in [2.45, 2.75) is 50.7 Å². The average molecular weight is 388 g/mol. The Morgan fingerprint density at radius 1 is 1.15 bits per heavy atom. The van der Waals surface area contributed by atoms with E-state index in [0.29, 0.717) is 37.2 Å². The van der Waals surface area contributed by atoms with Crippen LogP contribution in [0.1, 0.15) is 48.2 Å². The molecule has 1 aliphatic carbocycles. The van der Waals surface area contributed by atoms with Crippen LogP contribution in [0.5, 0.6) is 0 Å². The average Bonchev–Trinajstić information content (AvgIpc) is 3.15. The molecule has 1 aromatic rings. The van der Waals surface area contributed by atoms with E-state index in [1.807, 2.05) is 11.4 Å². The maximum atomic E-state index is 12.7. The number of carbonyl (C=O) groups excluding carboxylic acids is 2. The molecule has 0 bridgehead atoms. The first-order chi connectivity index (χ1) is 12.3. The molecular formula is C18H23F3N2O2S. The molecule has 0 radical (unpaired) electrons. The summed E-state index contributed by atoms with van der Waals surface area (Å²) in [5.74, 6) is -1.72. The van der Waals surface area contributed by atoms with Crippen LogP contribution in [0.15, 0.2) is 17.5 Å². The molecule has 8 heteroatoms. The Morgan fingerprint density at radius 3 is 2.50 bits per heavy atom. The van der Waals surface area contributed by atoms with Crippen molar-refractivity contribution < 1.29 is 22.8 Å². The van der Waals surface area contributed by atoms with Gasteiger partial charge in [-0.25, -0.2) is 0 Å². The molecule has 3 rings (SSSR count). The SMILES string of the molecule is O=C(NC1CCC(C(F)(F)F)CC1)[C@@H]1CCCN(C(=O)c2cccs2)C1. The van der Waals surface area contributed by atoms with Gasteiger partial charge in [-0.15, -0.1) is 11.3 Å². The van der Waals surface area contributed by atoms with E-state index in [1.165, 1.54) is 11.3 Å². The first-order valence-electron chi connectivity index (χ1n) is 9.04. The fourth-order valence-corrected chi connectivity index (χ4v) is 4.51. The van der Waals surface area contributed by atoms with E-state index in [9.17, 15) is 22.8 Å². The largest absolute Gasteiger partial charge is 0.391 e. The maximum Gasteiger partial charge on any atom is 0.391 e. The molecule has 1 aromatic heterocycles. The minimum absolute atomic E-state index is 0.0526. The first kappa shape index (κ1) is 19.2. The molecule has 1 atom stereocenters. The topological polar surface area (TPSA) is 49.4 Å². The quantitative estimate of drug-likeness (QED) is 0.855. The fourth-order valence-electron chi connectivity index (χ4n) is 3.82. The molecule has 0 aromatic carbocycles. The Bertz CT molecular complexity index is 625. The second kappa shape index (κ2) is 7.98. The molecule has 1 saturated heterocycles. The summed E-state index contributed by atoms with van der Waals surface area (Å²) in [5, 5.41) is 4.76. The van der Waals surface area contributed by atoms with Crippen LogP contribution in [0.4, 0.5) is 13.2 Å². The molecule has 2 aliphatic rings. The molecular weight excluding hydrogens is 365 g/mol. The summed E-state index contributed by atoms with van der Waals surface area (Å²) in [6, 6.07) is 3.41. The summed E-state index contributed by atoms with van der Waals surface area (Å²) in [6.45, 7) is 1.01. The fraction of sp³-hybridized carbons (Fsp3) is 0.667. The Kier molecular flexibility index (Phi) is 5.89. The van der Waals surface area contributed by atoms with Gasteiger partial charge in [0.15, 0.2) is 0 Å². The zero-order valence-corrected chi connectivity index (χ0v) is 15.2. The first-order valence-corrected chi connectivity index (χ1v) is 9.92. The highest BCUT2D eigenvalue weighted by Gasteiger charge is 2.42. The number of hydrogen-bond donors (Lipinski definition) is 1. The summed E-state index contributed by atoms with van der Waals surface area (Å²) in [4.78, 5) is 27.3. The van der Waals surface area contributed by atoms with Crippen LogP contribution in [0.2, 0.25) is 0 Å². The van der Waals surface area contributed by atoms with Gasteiger partial charge in [-0.3, -0.25) is 9.59 Å². The highest BCUT2D eigenvalue weighted by atomic mass is 32.1. The molecule has 1 aliphatic heterocycles. The Labute approximate surface area is 154 Å². The molecule has 2 fully saturated rings. The van der Waals surface area contributed by atoms with Crippen molar-refractivity contribution in [2.24, 2.45) is 11.8 Å². The van der Waals surface area contributed by atoms with Gasteiger partial charge in [0.25, 0.3) is 5.91 Å². The molecule has 0 unspecified atom stereocenters. The second-order valence-corrected chi connectivity index (χ2v) is 8.11. The normalized spacial score (nSPS) is 27.2. The van der Waals surface area contributed by atoms with Gasteiger partial charge in [0, 0.05) is 19.1 Å². The second-order valence-electron chi connectivity index (χ2n) is 7.17. The van der Waals surface area contributed by atoms with Crippen molar-refractivity contribution in [3.05, 3.63) is 22.4 Å². The third kappa shape index (κ3) is 4.58. The molecule has 144 valence electrons. The van der Waals surface area contributed by atoms with E-state index < -0.39 is 12.1 Å². The van der Waals surface area contributed by atoms with E-state index in [1.54, 1.807) is 11.0 Å². The minimum Gasteiger partial charge on any atom is -0.353 e. The van der Waals surface area contributed by atoms with Crippen molar-refractivity contribution in [3.8, 4) is 0 Å². The third-order valence-electron chi connectivity index (χ3n) is 5.35. The van der Waals surface area contributed by atoms with Crippen molar-refractivity contribution in [1.82, 2.24) is 10.2 Å². The number of halogens is 3. The summed E-state index contributed by atoms with van der Waals surface area (Å²) >= 11 is 1.38. The lowest BCUT2D eigenvalue weighted by Gasteiger charge is -2.34. The number of amides is 2. The number of hydrogen-bond acceptors (Lipinski definition) is 3. The van der Waals surface area contributed by atoms with Gasteiger partial charge in [-0.2, -0.15) is 13.2 Å². The lowest BCUT2D eigenvalue weighted by molar-refractivity contribution is -0.182. The van der Waals surface area contributed by atoms with Gasteiger partial charge < -0.3 is 10.2 Å². The molecule has 1 saturated carbocycles. The van der Waals surface area contributed by atoms with Gasteiger partial charge in [-0.1, -0.05) is 6.07 Å². The number of carbonyl (C=O) groups is 2. The van der Waals surface area contributed by atoms with E-state index in [0.717, 1.165) is 6.42 Å². The number of piperidine rings is 1. The standard InChI is InChI=1S/C18H23F3N2O2S/c19-18(20,21)13-5-7-14(8-6-13)22-16(24)12-3-1-9-23(11-12)17(25)15-4-2-10-26-15/h2,4,10,12-14H,1,3,5-9,11H2,(H,22,24)/t12-,13?,14?/m1/s1. The zero-order valence-electron chi connectivity index (χ0n) is 14.4. The van der Waals surface area contributed by atoms with Crippen molar-refractivity contribution in [1.29, 1.82) is 0 Å². The van der Waals surface area contributed by atoms with Crippen LogP contribution in [-0.2, 0) is 4.79 Å². The number of thiophene rings is 1. The zero-order chi connectivity index (χ0) is 18.7. The Morgan fingerprint density at radius 2 is 1.88 bits per heavy atom. The monoisotopic (exact) mass is 388 g/mol. The predicted octanol–water partition coefficient (Wildman–Crippen LogP) is 3.84. The molecule has 26 heavy (non-hydrogen) atoms. The Balaban J connectivity index is 1.50. The summed E-state index contributed by atoms with van der Waals surface area (Å²) in [7, 11) is 0. The van der Waals surface area contributed by atoms with E-state index in [4.69, 9.17) is 0 Å². The van der Waals surface area contributed by atoms with Crippen LogP contribution in [0.3, 0.4) is 0 Å². The van der Waals surface area contributed by atoms with Crippen LogP contribution in [-0.4, -0.2) is 42.0 Å². The molecule has 4 nitrogen and oxygen atoms in total. The van der Waals surface area contributed by atoms with Crippen molar-refractivity contribution in [3.63, 3.8) is 0 Å². The van der Waals surface area contributed by atoms with Crippen LogP contribution in [0.25, 0.3) is 0 Å². The molecule has 1 N–H and O–H groups in total. The smallest absolute Gasteiger partial charge is 0.353 e. The van der Waals surface area contributed by atoms with E-state index in [2.05, 4.69) is 5.32 Å². The molecule has 2 amide bonds. The van der Waals surface area contributed by atoms with Crippen LogP contribution >= 0.6 is 11.3 Å². The number of rotatable bonds is 3. The minimum atomic E-state index is -4.14. The van der Waals surface area contributed by atoms with Crippen molar-refractivity contribution >= 4 is 23.2 Å². The summed E-state index contributed by atoms with van der Waals surface area (Å²) < 4.78 is 38.2. The van der Waals surface area contributed by atoms with E-state index in [-0.39, 0.29) is 36.6 Å². The lowest BCUT2D eigenvalue weighted by Crippen LogP contribution is -2.48. The number of likely N-dealkylation sites (tertiary alicyclic amines) is 1. The summed E-state index contributed by atoms with van der Waals surface area (Å²) in [6.07, 6.45) is -1.81. The molecule has 2 heterocycles. The highest BCUT2D eigenvalue weighted by Crippen LogP contribution is 2.37. The number of nitrogens with zero attached hydrogens (tertiary/aromatic N) is 1. The van der Waals surface area contributed by atoms with Crippen LogP contribution in [0, 0.1) is 11.8 Å². The third-order valence-corrected chi connectivity index (χ3v) is 6.21. The Hall–Kier alpha value is -1.57. The van der Waals surface area contributed by atoms with Gasteiger partial charge in [0.05, 0.1) is 16.7 Å². The summed E-state index contributed by atoms with van der Waals surface area (Å²) in [5.41, 5.74) is 0.